The molecule has 0 N–H and O–H groups in total. The van der Waals surface area contributed by atoms with Gasteiger partial charge in [0.15, 0.2) is 0 Å². The van der Waals surface area contributed by atoms with Crippen molar-refractivity contribution in [3.63, 3.8) is 0 Å². The smallest absolute Gasteiger partial charge is 0.224 e. The molecule has 0 aliphatic carbocycles. The van der Waals surface area contributed by atoms with Crippen LogP contribution in [0.15, 0.2) is 30.3 Å². The zero-order valence-corrected chi connectivity index (χ0v) is 13.7. The number of piperidine rings is 1. The van der Waals surface area contributed by atoms with Crippen molar-refractivity contribution in [3.05, 3.63) is 35.9 Å². The van der Waals surface area contributed by atoms with Crippen LogP contribution in [0.3, 0.4) is 0 Å². The molecule has 1 aromatic carbocycles. The predicted molar refractivity (Wildman–Crippen MR) is 89.7 cm³/mol. The van der Waals surface area contributed by atoms with E-state index in [0.29, 0.717) is 11.9 Å². The summed E-state index contributed by atoms with van der Waals surface area (Å²) in [6.45, 7) is 3.05. The fraction of sp³-hybridized carbons (Fsp3) is 0.632. The molecule has 3 rings (SSSR count). The van der Waals surface area contributed by atoms with Crippen LogP contribution in [0.2, 0.25) is 0 Å². The van der Waals surface area contributed by atoms with Crippen molar-refractivity contribution in [1.82, 2.24) is 9.80 Å². The van der Waals surface area contributed by atoms with E-state index in [2.05, 4.69) is 47.2 Å². The Kier molecular flexibility index (Phi) is 5.14. The fourth-order valence-electron chi connectivity index (χ4n) is 3.90. The number of benzene rings is 1. The maximum Gasteiger partial charge on any atom is 0.224 e. The van der Waals surface area contributed by atoms with Gasteiger partial charge in [-0.1, -0.05) is 30.3 Å². The highest BCUT2D eigenvalue weighted by Gasteiger charge is 2.28. The Morgan fingerprint density at radius 2 is 1.82 bits per heavy atom. The normalized spacial score (nSPS) is 23.9. The molecule has 0 saturated carbocycles. The topological polar surface area (TPSA) is 23.6 Å². The van der Waals surface area contributed by atoms with Crippen LogP contribution in [0.5, 0.6) is 0 Å². The van der Waals surface area contributed by atoms with Crippen LogP contribution in [-0.4, -0.2) is 48.4 Å². The third-order valence-corrected chi connectivity index (χ3v) is 5.42. The summed E-state index contributed by atoms with van der Waals surface area (Å²) in [5.41, 5.74) is 1.43. The average molecular weight is 300 g/mol. The van der Waals surface area contributed by atoms with E-state index in [9.17, 15) is 4.79 Å². The first kappa shape index (κ1) is 15.5. The van der Waals surface area contributed by atoms with E-state index in [1.54, 1.807) is 0 Å². The Morgan fingerprint density at radius 3 is 2.45 bits per heavy atom. The summed E-state index contributed by atoms with van der Waals surface area (Å²) < 4.78 is 0. The second-order valence-corrected chi connectivity index (χ2v) is 6.99. The van der Waals surface area contributed by atoms with Crippen LogP contribution in [0.1, 0.15) is 37.7 Å². The molecule has 1 amide bonds. The van der Waals surface area contributed by atoms with Crippen LogP contribution in [0, 0.1) is 5.92 Å². The van der Waals surface area contributed by atoms with Gasteiger partial charge in [-0.3, -0.25) is 4.79 Å². The van der Waals surface area contributed by atoms with Gasteiger partial charge in [-0.2, -0.15) is 0 Å². The molecule has 1 aromatic rings. The van der Waals surface area contributed by atoms with Crippen molar-refractivity contribution in [2.24, 2.45) is 5.92 Å². The van der Waals surface area contributed by atoms with E-state index in [0.717, 1.165) is 51.2 Å². The first-order valence-electron chi connectivity index (χ1n) is 8.74. The summed E-state index contributed by atoms with van der Waals surface area (Å²) in [6.07, 6.45) is 6.62. The van der Waals surface area contributed by atoms with E-state index < -0.39 is 0 Å². The number of hydrogen-bond donors (Lipinski definition) is 0. The highest BCUT2D eigenvalue weighted by Crippen LogP contribution is 2.24. The first-order valence-corrected chi connectivity index (χ1v) is 8.74. The van der Waals surface area contributed by atoms with E-state index in [4.69, 9.17) is 0 Å². The minimum Gasteiger partial charge on any atom is -0.343 e. The summed E-state index contributed by atoms with van der Waals surface area (Å²) in [7, 11) is 2.15. The Morgan fingerprint density at radius 1 is 1.09 bits per heavy atom. The molecule has 2 aliphatic rings. The van der Waals surface area contributed by atoms with Gasteiger partial charge in [0.1, 0.15) is 0 Å². The molecule has 1 unspecified atom stereocenters. The second kappa shape index (κ2) is 7.28. The standard InChI is InChI=1S/C19H28N2O/c1-20-11-5-8-18(20)15-19(22)21-12-9-17(10-13-21)14-16-6-3-2-4-7-16/h2-4,6-7,17-18H,5,8-15H2,1H3. The molecule has 1 atom stereocenters. The fourth-order valence-corrected chi connectivity index (χ4v) is 3.90. The minimum atomic E-state index is 0.372. The van der Waals surface area contributed by atoms with Gasteiger partial charge in [-0.05, 0) is 57.2 Å². The number of likely N-dealkylation sites (tertiary alicyclic amines) is 2. The summed E-state index contributed by atoms with van der Waals surface area (Å²) in [5, 5.41) is 0. The number of nitrogens with zero attached hydrogens (tertiary/aromatic N) is 2. The van der Waals surface area contributed by atoms with Gasteiger partial charge in [0, 0.05) is 25.6 Å². The van der Waals surface area contributed by atoms with Crippen molar-refractivity contribution >= 4 is 5.91 Å². The minimum absolute atomic E-state index is 0.372. The Bertz CT molecular complexity index is 479. The molecular weight excluding hydrogens is 272 g/mol. The van der Waals surface area contributed by atoms with Crippen molar-refractivity contribution in [3.8, 4) is 0 Å². The highest BCUT2D eigenvalue weighted by molar-refractivity contribution is 5.77. The molecule has 2 fully saturated rings. The molecule has 0 spiro atoms. The molecule has 2 aliphatic heterocycles. The summed E-state index contributed by atoms with van der Waals surface area (Å²) >= 11 is 0. The summed E-state index contributed by atoms with van der Waals surface area (Å²) in [4.78, 5) is 16.9. The largest absolute Gasteiger partial charge is 0.343 e. The van der Waals surface area contributed by atoms with Crippen LogP contribution >= 0.6 is 0 Å². The number of carbonyl (C=O) groups excluding carboxylic acids is 1. The summed E-state index contributed by atoms with van der Waals surface area (Å²) in [5.74, 6) is 1.11. The quantitative estimate of drug-likeness (QED) is 0.853. The van der Waals surface area contributed by atoms with Gasteiger partial charge in [-0.25, -0.2) is 0 Å². The van der Waals surface area contributed by atoms with E-state index >= 15 is 0 Å². The van der Waals surface area contributed by atoms with Crippen molar-refractivity contribution in [2.75, 3.05) is 26.7 Å². The molecule has 3 nitrogen and oxygen atoms in total. The third-order valence-electron chi connectivity index (χ3n) is 5.42. The molecule has 0 bridgehead atoms. The van der Waals surface area contributed by atoms with E-state index in [1.807, 2.05) is 0 Å². The molecule has 3 heteroatoms. The van der Waals surface area contributed by atoms with Crippen LogP contribution in [0.4, 0.5) is 0 Å². The second-order valence-electron chi connectivity index (χ2n) is 6.99. The predicted octanol–water partition coefficient (Wildman–Crippen LogP) is 2.95. The first-order chi connectivity index (χ1) is 10.7. The summed E-state index contributed by atoms with van der Waals surface area (Å²) in [6, 6.07) is 11.2. The number of hydrogen-bond acceptors (Lipinski definition) is 2. The Balaban J connectivity index is 1.44. The molecular formula is C19H28N2O. The van der Waals surface area contributed by atoms with Crippen LogP contribution in [-0.2, 0) is 11.2 Å². The van der Waals surface area contributed by atoms with Gasteiger partial charge < -0.3 is 9.80 Å². The monoisotopic (exact) mass is 300 g/mol. The molecule has 2 heterocycles. The Labute approximate surface area is 134 Å². The number of rotatable bonds is 4. The lowest BCUT2D eigenvalue weighted by Gasteiger charge is -2.33. The maximum atomic E-state index is 12.5. The van der Waals surface area contributed by atoms with Gasteiger partial charge in [-0.15, -0.1) is 0 Å². The van der Waals surface area contributed by atoms with Crippen LogP contribution in [0.25, 0.3) is 0 Å². The van der Waals surface area contributed by atoms with Crippen molar-refractivity contribution in [2.45, 2.75) is 44.6 Å². The van der Waals surface area contributed by atoms with Gasteiger partial charge in [0.25, 0.3) is 0 Å². The van der Waals surface area contributed by atoms with Gasteiger partial charge in [0.2, 0.25) is 5.91 Å². The lowest BCUT2D eigenvalue weighted by atomic mass is 9.90. The van der Waals surface area contributed by atoms with Crippen LogP contribution < -0.4 is 0 Å². The number of amides is 1. The lowest BCUT2D eigenvalue weighted by Crippen LogP contribution is -2.41. The zero-order valence-electron chi connectivity index (χ0n) is 13.7. The Hall–Kier alpha value is -1.35. The number of carbonyl (C=O) groups is 1. The van der Waals surface area contributed by atoms with E-state index in [-0.39, 0.29) is 0 Å². The molecule has 2 saturated heterocycles. The third kappa shape index (κ3) is 3.89. The van der Waals surface area contributed by atoms with Crippen molar-refractivity contribution < 1.29 is 4.79 Å². The molecule has 0 radical (unpaired) electrons. The molecule has 120 valence electrons. The van der Waals surface area contributed by atoms with E-state index in [1.165, 1.54) is 18.4 Å². The average Bonchev–Trinajstić information content (AvgIpc) is 2.94. The lowest BCUT2D eigenvalue weighted by molar-refractivity contribution is -0.133. The van der Waals surface area contributed by atoms with Gasteiger partial charge >= 0.3 is 0 Å². The maximum absolute atomic E-state index is 12.5. The van der Waals surface area contributed by atoms with Gasteiger partial charge in [0.05, 0.1) is 0 Å². The molecule has 0 aromatic heterocycles. The van der Waals surface area contributed by atoms with Crippen molar-refractivity contribution in [1.29, 1.82) is 0 Å². The SMILES string of the molecule is CN1CCCC1CC(=O)N1CCC(Cc2ccccc2)CC1. The molecule has 22 heavy (non-hydrogen) atoms. The zero-order chi connectivity index (χ0) is 15.4. The highest BCUT2D eigenvalue weighted by atomic mass is 16.2.